The number of aromatic nitrogens is 4. The first-order valence-electron chi connectivity index (χ1n) is 8.48. The van der Waals surface area contributed by atoms with Gasteiger partial charge in [-0.05, 0) is 40.2 Å². The minimum absolute atomic E-state index is 0.0903. The van der Waals surface area contributed by atoms with E-state index in [2.05, 4.69) is 37.7 Å². The normalized spacial score (nSPS) is 11.0. The lowest BCUT2D eigenvalue weighted by atomic mass is 10.2. The van der Waals surface area contributed by atoms with Gasteiger partial charge in [0.1, 0.15) is 0 Å². The third kappa shape index (κ3) is 3.65. The van der Waals surface area contributed by atoms with Crippen molar-refractivity contribution in [3.05, 3.63) is 81.9 Å². The first-order valence-corrected chi connectivity index (χ1v) is 10.3. The molecule has 2 aromatic carbocycles. The summed E-state index contributed by atoms with van der Waals surface area (Å²) >= 11 is 4.86. The second-order valence-corrected chi connectivity index (χ2v) is 7.68. The minimum Gasteiger partial charge on any atom is -0.420 e. The standard InChI is InChI=1S/C20H15BrN4O2S/c1-2-11-25-19(26)14-8-4-6-10-16(14)22-20(25)28-12-17-23-24-18(27-17)13-7-3-5-9-15(13)21/h2-10H,1,11-12H2. The van der Waals surface area contributed by atoms with Crippen molar-refractivity contribution in [2.75, 3.05) is 0 Å². The molecule has 0 spiro atoms. The number of allylic oxidation sites excluding steroid dienone is 1. The van der Waals surface area contributed by atoms with E-state index in [9.17, 15) is 4.79 Å². The zero-order valence-electron chi connectivity index (χ0n) is 14.7. The monoisotopic (exact) mass is 454 g/mol. The number of halogens is 1. The lowest BCUT2D eigenvalue weighted by Crippen LogP contribution is -2.22. The van der Waals surface area contributed by atoms with Crippen LogP contribution in [0.1, 0.15) is 5.89 Å². The van der Waals surface area contributed by atoms with E-state index >= 15 is 0 Å². The fourth-order valence-corrected chi connectivity index (χ4v) is 4.03. The maximum Gasteiger partial charge on any atom is 0.262 e. The summed E-state index contributed by atoms with van der Waals surface area (Å²) < 4.78 is 8.27. The number of thioether (sulfide) groups is 1. The largest absolute Gasteiger partial charge is 0.420 e. The lowest BCUT2D eigenvalue weighted by Gasteiger charge is -2.10. The Morgan fingerprint density at radius 1 is 1.14 bits per heavy atom. The summed E-state index contributed by atoms with van der Waals surface area (Å²) in [6, 6.07) is 15.0. The molecule has 0 bridgehead atoms. The van der Waals surface area contributed by atoms with Crippen LogP contribution in [0.3, 0.4) is 0 Å². The summed E-state index contributed by atoms with van der Waals surface area (Å²) in [6.45, 7) is 4.12. The Balaban J connectivity index is 1.63. The van der Waals surface area contributed by atoms with Crippen LogP contribution in [0.15, 0.2) is 80.0 Å². The molecule has 0 atom stereocenters. The molecule has 28 heavy (non-hydrogen) atoms. The van der Waals surface area contributed by atoms with E-state index < -0.39 is 0 Å². The van der Waals surface area contributed by atoms with Gasteiger partial charge in [0.05, 0.1) is 22.2 Å². The highest BCUT2D eigenvalue weighted by Gasteiger charge is 2.14. The van der Waals surface area contributed by atoms with Gasteiger partial charge in [0.2, 0.25) is 11.8 Å². The Hall–Kier alpha value is -2.71. The molecule has 2 aromatic heterocycles. The van der Waals surface area contributed by atoms with Crippen molar-refractivity contribution in [2.24, 2.45) is 0 Å². The van der Waals surface area contributed by atoms with Gasteiger partial charge in [0.25, 0.3) is 5.56 Å². The van der Waals surface area contributed by atoms with Gasteiger partial charge < -0.3 is 4.42 Å². The summed E-state index contributed by atoms with van der Waals surface area (Å²) in [4.78, 5) is 17.4. The number of fused-ring (bicyclic) bond motifs is 1. The Kier molecular flexibility index (Phi) is 5.40. The van der Waals surface area contributed by atoms with E-state index in [0.717, 1.165) is 10.0 Å². The predicted octanol–water partition coefficient (Wildman–Crippen LogP) is 4.69. The lowest BCUT2D eigenvalue weighted by molar-refractivity contribution is 0.527. The SMILES string of the molecule is C=CCn1c(SCc2nnc(-c3ccccc3Br)o2)nc2ccccc2c1=O. The van der Waals surface area contributed by atoms with Crippen LogP contribution in [0.4, 0.5) is 0 Å². The van der Waals surface area contributed by atoms with Crippen LogP contribution in [-0.4, -0.2) is 19.7 Å². The molecule has 4 rings (SSSR count). The average molecular weight is 455 g/mol. The van der Waals surface area contributed by atoms with Gasteiger partial charge in [-0.15, -0.1) is 16.8 Å². The summed E-state index contributed by atoms with van der Waals surface area (Å²) in [5.74, 6) is 1.31. The summed E-state index contributed by atoms with van der Waals surface area (Å²) in [5.41, 5.74) is 1.40. The number of para-hydroxylation sites is 1. The molecule has 0 aliphatic rings. The third-order valence-electron chi connectivity index (χ3n) is 4.03. The van der Waals surface area contributed by atoms with E-state index in [1.807, 2.05) is 42.5 Å². The molecule has 8 heteroatoms. The van der Waals surface area contributed by atoms with Crippen LogP contribution < -0.4 is 5.56 Å². The van der Waals surface area contributed by atoms with Crippen molar-refractivity contribution in [3.63, 3.8) is 0 Å². The van der Waals surface area contributed by atoms with Gasteiger partial charge in [-0.1, -0.05) is 42.1 Å². The quantitative estimate of drug-likeness (QED) is 0.239. The second-order valence-electron chi connectivity index (χ2n) is 5.89. The van der Waals surface area contributed by atoms with Crippen molar-refractivity contribution >= 4 is 38.6 Å². The molecule has 0 aliphatic carbocycles. The predicted molar refractivity (Wildman–Crippen MR) is 113 cm³/mol. The number of hydrogen-bond acceptors (Lipinski definition) is 6. The fourth-order valence-electron chi connectivity index (χ4n) is 2.73. The fraction of sp³-hybridized carbons (Fsp3) is 0.100. The van der Waals surface area contributed by atoms with Crippen LogP contribution in [0, 0.1) is 0 Å². The molecule has 0 saturated heterocycles. The van der Waals surface area contributed by atoms with E-state index in [-0.39, 0.29) is 5.56 Å². The van der Waals surface area contributed by atoms with Crippen LogP contribution in [0.25, 0.3) is 22.4 Å². The first kappa shape index (κ1) is 18.6. The van der Waals surface area contributed by atoms with Gasteiger partial charge in [-0.2, -0.15) is 0 Å². The minimum atomic E-state index is -0.0903. The molecular weight excluding hydrogens is 440 g/mol. The number of nitrogens with zero attached hydrogens (tertiary/aromatic N) is 4. The summed E-state index contributed by atoms with van der Waals surface area (Å²) in [5, 5.41) is 9.41. The molecule has 0 N–H and O–H groups in total. The Labute approximate surface area is 173 Å². The molecule has 2 heterocycles. The second kappa shape index (κ2) is 8.12. The highest BCUT2D eigenvalue weighted by atomic mass is 79.9. The topological polar surface area (TPSA) is 73.8 Å². The zero-order chi connectivity index (χ0) is 19.5. The van der Waals surface area contributed by atoms with Gasteiger partial charge in [-0.3, -0.25) is 9.36 Å². The molecule has 140 valence electrons. The highest BCUT2D eigenvalue weighted by Crippen LogP contribution is 2.28. The van der Waals surface area contributed by atoms with Crippen LogP contribution in [0.5, 0.6) is 0 Å². The zero-order valence-corrected chi connectivity index (χ0v) is 17.1. The maximum atomic E-state index is 12.8. The van der Waals surface area contributed by atoms with Crippen molar-refractivity contribution in [2.45, 2.75) is 17.5 Å². The maximum absolute atomic E-state index is 12.8. The van der Waals surface area contributed by atoms with Crippen molar-refractivity contribution < 1.29 is 4.42 Å². The molecule has 0 aliphatic heterocycles. The van der Waals surface area contributed by atoms with Crippen LogP contribution in [0.2, 0.25) is 0 Å². The molecule has 0 radical (unpaired) electrons. The van der Waals surface area contributed by atoms with E-state index in [0.29, 0.717) is 40.1 Å². The van der Waals surface area contributed by atoms with Crippen molar-refractivity contribution in [1.82, 2.24) is 19.7 Å². The van der Waals surface area contributed by atoms with E-state index in [1.165, 1.54) is 11.8 Å². The van der Waals surface area contributed by atoms with E-state index in [1.54, 1.807) is 16.7 Å². The molecule has 6 nitrogen and oxygen atoms in total. The molecular formula is C20H15BrN4O2S. The van der Waals surface area contributed by atoms with E-state index in [4.69, 9.17) is 4.42 Å². The highest BCUT2D eigenvalue weighted by molar-refractivity contribution is 9.10. The van der Waals surface area contributed by atoms with Crippen molar-refractivity contribution in [3.8, 4) is 11.5 Å². The van der Waals surface area contributed by atoms with Gasteiger partial charge in [0.15, 0.2) is 5.16 Å². The number of rotatable bonds is 6. The molecule has 0 amide bonds. The molecule has 0 saturated carbocycles. The molecule has 4 aromatic rings. The number of benzene rings is 2. The summed E-state index contributed by atoms with van der Waals surface area (Å²) in [6.07, 6.45) is 1.68. The summed E-state index contributed by atoms with van der Waals surface area (Å²) in [7, 11) is 0. The Morgan fingerprint density at radius 3 is 2.75 bits per heavy atom. The third-order valence-corrected chi connectivity index (χ3v) is 5.69. The number of hydrogen-bond donors (Lipinski definition) is 0. The van der Waals surface area contributed by atoms with Gasteiger partial charge in [0, 0.05) is 11.0 Å². The molecule has 0 fully saturated rings. The molecule has 0 unspecified atom stereocenters. The first-order chi connectivity index (χ1) is 13.7. The van der Waals surface area contributed by atoms with Gasteiger partial charge >= 0.3 is 0 Å². The average Bonchev–Trinajstić information content (AvgIpc) is 3.18. The smallest absolute Gasteiger partial charge is 0.262 e. The Bertz CT molecular complexity index is 1220. The van der Waals surface area contributed by atoms with Crippen LogP contribution >= 0.6 is 27.7 Å². The van der Waals surface area contributed by atoms with Gasteiger partial charge in [-0.25, -0.2) is 4.98 Å². The van der Waals surface area contributed by atoms with Crippen molar-refractivity contribution in [1.29, 1.82) is 0 Å². The van der Waals surface area contributed by atoms with Crippen LogP contribution in [-0.2, 0) is 12.3 Å². The Morgan fingerprint density at radius 2 is 1.93 bits per heavy atom.